The van der Waals surface area contributed by atoms with Crippen LogP contribution < -0.4 is 10.6 Å². The van der Waals surface area contributed by atoms with Crippen LogP contribution in [0.3, 0.4) is 0 Å². The van der Waals surface area contributed by atoms with Gasteiger partial charge in [0.1, 0.15) is 6.04 Å². The van der Waals surface area contributed by atoms with E-state index in [0.29, 0.717) is 5.56 Å². The average molecular weight is 757 g/mol. The molecule has 2 unspecified atom stereocenters. The Morgan fingerprint density at radius 2 is 1.79 bits per heavy atom. The van der Waals surface area contributed by atoms with Gasteiger partial charge in [-0.05, 0) is 83.1 Å². The van der Waals surface area contributed by atoms with Crippen molar-refractivity contribution in [2.75, 3.05) is 20.1 Å². The third-order valence-corrected chi connectivity index (χ3v) is 11.5. The number of aromatic nitrogens is 1. The van der Waals surface area contributed by atoms with Crippen LogP contribution in [0.2, 0.25) is 0 Å². The van der Waals surface area contributed by atoms with E-state index in [-0.39, 0.29) is 36.9 Å². The molecule has 2 aromatic carbocycles. The molecule has 13 nitrogen and oxygen atoms in total. The highest BCUT2D eigenvalue weighted by Gasteiger charge is 2.37. The highest BCUT2D eigenvalue weighted by molar-refractivity contribution is 7.89. The van der Waals surface area contributed by atoms with E-state index in [1.54, 1.807) is 14.0 Å². The molecule has 0 spiro atoms. The van der Waals surface area contributed by atoms with Crippen LogP contribution in [0, 0.1) is 12.8 Å². The lowest BCUT2D eigenvalue weighted by Gasteiger charge is -2.36. The van der Waals surface area contributed by atoms with Gasteiger partial charge in [-0.3, -0.25) is 4.79 Å². The number of hydrogen-bond donors (Lipinski definition) is 4. The first-order valence-corrected chi connectivity index (χ1v) is 19.8. The highest BCUT2D eigenvalue weighted by Crippen LogP contribution is 2.30. The number of nitrogens with one attached hydrogen (secondary N) is 2. The normalized spacial score (nSPS) is 16.2. The Balaban J connectivity index is 1.60. The summed E-state index contributed by atoms with van der Waals surface area (Å²) in [5.41, 5.74) is 1.42. The molecule has 4 rings (SSSR count). The number of aryl methyl sites for hydroxylation is 1. The highest BCUT2D eigenvalue weighted by atomic mass is 32.2. The Bertz CT molecular complexity index is 1740. The minimum absolute atomic E-state index is 0.0330. The number of nitrogens with zero attached hydrogens (tertiary/aromatic N) is 4. The van der Waals surface area contributed by atoms with E-state index in [1.165, 1.54) is 51.0 Å². The maximum Gasteiger partial charge on any atom is 0.318 e. The third kappa shape index (κ3) is 11.8. The van der Waals surface area contributed by atoms with Gasteiger partial charge in [0.25, 0.3) is 0 Å². The summed E-state index contributed by atoms with van der Waals surface area (Å²) in [5.74, 6) is -0.442. The van der Waals surface area contributed by atoms with Gasteiger partial charge in [0, 0.05) is 25.5 Å². The first kappa shape index (κ1) is 40.9. The number of carbonyl (C=O) groups excluding carboxylic acids is 2. The molecule has 0 aliphatic heterocycles. The van der Waals surface area contributed by atoms with Gasteiger partial charge in [0.15, 0.2) is 0 Å². The van der Waals surface area contributed by atoms with Gasteiger partial charge < -0.3 is 30.6 Å². The standard InChI is InChI=1S/C37H52N6O7S2/c1-25(50-37(3,4)5)34(41-36(46)42(6)22-30-24-51-26(2)39-30)35(45)40-32(19-27-11-8-7-9-12-27)33(44)23-43(21-29-13-10-14-29)52(48,49)31-17-15-28(16-18-31)20-38-47/h7-9,11-12,15-18,20,24-25,29,32-34,44,47H,10,13-14,19,21-23H2,1-6H3,(H,40,45)(H,41,46)/b38-20+/t25?,32-,33+,34?/m0/s1. The molecule has 0 saturated heterocycles. The molecule has 284 valence electrons. The van der Waals surface area contributed by atoms with Crippen LogP contribution in [0.5, 0.6) is 0 Å². The number of ether oxygens (including phenoxy) is 1. The van der Waals surface area contributed by atoms with E-state index in [4.69, 9.17) is 9.94 Å². The zero-order chi connectivity index (χ0) is 38.1. The molecule has 15 heteroatoms. The molecule has 1 saturated carbocycles. The summed E-state index contributed by atoms with van der Waals surface area (Å²) >= 11 is 1.48. The predicted molar refractivity (Wildman–Crippen MR) is 201 cm³/mol. The lowest BCUT2D eigenvalue weighted by molar-refractivity contribution is -0.132. The molecule has 4 atom stereocenters. The van der Waals surface area contributed by atoms with Gasteiger partial charge in [0.2, 0.25) is 15.9 Å². The summed E-state index contributed by atoms with van der Waals surface area (Å²) in [6.07, 6.45) is 2.05. The van der Waals surface area contributed by atoms with Crippen LogP contribution >= 0.6 is 11.3 Å². The number of hydrogen-bond acceptors (Lipinski definition) is 10. The fraction of sp³-hybridized carbons (Fsp3) is 0.514. The maximum absolute atomic E-state index is 14.2. The van der Waals surface area contributed by atoms with Crippen molar-refractivity contribution >= 4 is 39.5 Å². The van der Waals surface area contributed by atoms with Gasteiger partial charge in [-0.15, -0.1) is 11.3 Å². The summed E-state index contributed by atoms with van der Waals surface area (Å²) in [4.78, 5) is 33.6. The molecule has 4 N–H and O–H groups in total. The van der Waals surface area contributed by atoms with E-state index < -0.39 is 51.9 Å². The van der Waals surface area contributed by atoms with Crippen molar-refractivity contribution in [2.45, 2.75) is 102 Å². The number of urea groups is 1. The molecule has 1 aliphatic carbocycles. The molecular weight excluding hydrogens is 705 g/mol. The molecule has 1 heterocycles. The largest absolute Gasteiger partial charge is 0.411 e. The second-order valence-electron chi connectivity index (χ2n) is 14.4. The molecule has 3 amide bonds. The predicted octanol–water partition coefficient (Wildman–Crippen LogP) is 4.55. The average Bonchev–Trinajstić information content (AvgIpc) is 3.47. The van der Waals surface area contributed by atoms with E-state index in [2.05, 4.69) is 20.8 Å². The fourth-order valence-corrected chi connectivity index (χ4v) is 8.13. The number of sulfonamides is 1. The first-order valence-electron chi connectivity index (χ1n) is 17.5. The first-order chi connectivity index (χ1) is 24.5. The Morgan fingerprint density at radius 3 is 2.35 bits per heavy atom. The molecular formula is C37H52N6O7S2. The number of benzene rings is 2. The quantitative estimate of drug-likeness (QED) is 0.0882. The number of aliphatic hydroxyl groups is 1. The second kappa shape index (κ2) is 18.2. The smallest absolute Gasteiger partial charge is 0.318 e. The SMILES string of the molecule is Cc1nc(CN(C)C(=O)NC(C(=O)N[C@@H](Cc2ccccc2)[C@H](O)CN(CC2CCC2)S(=O)(=O)c2ccc(/C=N/O)cc2)C(C)OC(C)(C)C)cs1. The Labute approximate surface area is 311 Å². The van der Waals surface area contributed by atoms with Crippen molar-refractivity contribution in [2.24, 2.45) is 11.1 Å². The maximum atomic E-state index is 14.2. The lowest BCUT2D eigenvalue weighted by atomic mass is 9.85. The second-order valence-corrected chi connectivity index (χ2v) is 17.4. The van der Waals surface area contributed by atoms with Gasteiger partial charge >= 0.3 is 6.03 Å². The topological polar surface area (TPSA) is 174 Å². The minimum atomic E-state index is -4.07. The number of rotatable bonds is 17. The Morgan fingerprint density at radius 1 is 1.12 bits per heavy atom. The number of thiazole rings is 1. The minimum Gasteiger partial charge on any atom is -0.411 e. The number of carbonyl (C=O) groups is 2. The van der Waals surface area contributed by atoms with Crippen LogP contribution in [0.25, 0.3) is 0 Å². The van der Waals surface area contributed by atoms with Gasteiger partial charge in [0.05, 0.1) is 52.2 Å². The van der Waals surface area contributed by atoms with Crippen LogP contribution in [-0.4, -0.2) is 101 Å². The lowest BCUT2D eigenvalue weighted by Crippen LogP contribution is -2.60. The fourth-order valence-electron chi connectivity index (χ4n) is 6.00. The van der Waals surface area contributed by atoms with Gasteiger partial charge in [-0.25, -0.2) is 18.2 Å². The van der Waals surface area contributed by atoms with E-state index >= 15 is 0 Å². The summed E-state index contributed by atoms with van der Waals surface area (Å²) in [7, 11) is -2.45. The van der Waals surface area contributed by atoms with Crippen molar-refractivity contribution < 1.29 is 33.1 Å². The molecule has 3 aromatic rings. The summed E-state index contributed by atoms with van der Waals surface area (Å²) in [5, 5.41) is 32.3. The summed E-state index contributed by atoms with van der Waals surface area (Å²) in [6, 6.07) is 12.6. The molecule has 1 aliphatic rings. The molecule has 0 radical (unpaired) electrons. The van der Waals surface area contributed by atoms with Crippen molar-refractivity contribution in [3.8, 4) is 0 Å². The Hall–Kier alpha value is -3.89. The summed E-state index contributed by atoms with van der Waals surface area (Å²) < 4.78 is 35.5. The zero-order valence-electron chi connectivity index (χ0n) is 30.7. The van der Waals surface area contributed by atoms with Crippen molar-refractivity contribution in [1.82, 2.24) is 24.8 Å². The van der Waals surface area contributed by atoms with Crippen LogP contribution in [0.15, 0.2) is 70.0 Å². The summed E-state index contributed by atoms with van der Waals surface area (Å²) in [6.45, 7) is 9.31. The van der Waals surface area contributed by atoms with E-state index in [0.717, 1.165) is 35.5 Å². The van der Waals surface area contributed by atoms with Crippen molar-refractivity contribution in [3.63, 3.8) is 0 Å². The van der Waals surface area contributed by atoms with E-state index in [1.807, 2.05) is 63.4 Å². The van der Waals surface area contributed by atoms with Crippen LogP contribution in [-0.2, 0) is 32.5 Å². The van der Waals surface area contributed by atoms with Crippen LogP contribution in [0.1, 0.15) is 68.8 Å². The molecule has 1 aromatic heterocycles. The molecule has 52 heavy (non-hydrogen) atoms. The van der Waals surface area contributed by atoms with Crippen LogP contribution in [0.4, 0.5) is 4.79 Å². The molecule has 0 bridgehead atoms. The molecule has 1 fully saturated rings. The Kier molecular flexibility index (Phi) is 14.3. The van der Waals surface area contributed by atoms with Crippen molar-refractivity contribution in [3.05, 3.63) is 81.8 Å². The third-order valence-electron chi connectivity index (χ3n) is 8.88. The van der Waals surface area contributed by atoms with Gasteiger partial charge in [-0.1, -0.05) is 54.0 Å². The van der Waals surface area contributed by atoms with Crippen molar-refractivity contribution in [1.29, 1.82) is 0 Å². The monoisotopic (exact) mass is 756 g/mol. The number of amides is 3. The number of aliphatic hydroxyl groups excluding tert-OH is 1. The van der Waals surface area contributed by atoms with E-state index in [9.17, 15) is 23.1 Å². The van der Waals surface area contributed by atoms with Gasteiger partial charge in [-0.2, -0.15) is 4.31 Å². The zero-order valence-corrected chi connectivity index (χ0v) is 32.4. The number of oxime groups is 1.